The van der Waals surface area contributed by atoms with Crippen LogP contribution in [0.3, 0.4) is 0 Å². The zero-order valence-corrected chi connectivity index (χ0v) is 11.0. The number of hydrogen-bond acceptors (Lipinski definition) is 3. The van der Waals surface area contributed by atoms with Gasteiger partial charge in [0.15, 0.2) is 0 Å². The summed E-state index contributed by atoms with van der Waals surface area (Å²) in [7, 11) is 0. The van der Waals surface area contributed by atoms with Crippen LogP contribution in [0.25, 0.3) is 0 Å². The van der Waals surface area contributed by atoms with Crippen molar-refractivity contribution in [3.8, 4) is 11.5 Å². The van der Waals surface area contributed by atoms with Gasteiger partial charge in [0.05, 0.1) is 6.61 Å². The predicted molar refractivity (Wildman–Crippen MR) is 70.9 cm³/mol. The van der Waals surface area contributed by atoms with Crippen molar-refractivity contribution in [1.82, 2.24) is 5.32 Å². The number of ether oxygens (including phenoxy) is 2. The fourth-order valence-electron chi connectivity index (χ4n) is 1.56. The molecule has 3 heteroatoms. The molecule has 1 aromatic carbocycles. The van der Waals surface area contributed by atoms with Crippen LogP contribution in [0.15, 0.2) is 24.3 Å². The van der Waals surface area contributed by atoms with E-state index in [0.717, 1.165) is 31.0 Å². The Labute approximate surface area is 104 Å². The number of rotatable bonds is 8. The van der Waals surface area contributed by atoms with Crippen LogP contribution in [0.1, 0.15) is 27.2 Å². The maximum Gasteiger partial charge on any atom is 0.123 e. The molecule has 0 radical (unpaired) electrons. The zero-order valence-electron chi connectivity index (χ0n) is 11.0. The monoisotopic (exact) mass is 237 g/mol. The molecule has 17 heavy (non-hydrogen) atoms. The molecule has 0 aromatic heterocycles. The highest BCUT2D eigenvalue weighted by Crippen LogP contribution is 2.20. The van der Waals surface area contributed by atoms with Crippen molar-refractivity contribution in [1.29, 1.82) is 0 Å². The van der Waals surface area contributed by atoms with Crippen molar-refractivity contribution in [2.75, 3.05) is 19.7 Å². The molecule has 0 heterocycles. The van der Waals surface area contributed by atoms with Crippen LogP contribution in [0.4, 0.5) is 0 Å². The van der Waals surface area contributed by atoms with Gasteiger partial charge in [0, 0.05) is 12.6 Å². The normalized spacial score (nSPS) is 12.2. The molecular formula is C14H23NO2. The summed E-state index contributed by atoms with van der Waals surface area (Å²) in [6.07, 6.45) is 1.31. The molecular weight excluding hydrogens is 214 g/mol. The van der Waals surface area contributed by atoms with E-state index in [1.165, 1.54) is 0 Å². The van der Waals surface area contributed by atoms with Crippen LogP contribution < -0.4 is 14.8 Å². The molecule has 96 valence electrons. The van der Waals surface area contributed by atoms with E-state index in [1.54, 1.807) is 0 Å². The van der Waals surface area contributed by atoms with Gasteiger partial charge in [-0.05, 0) is 38.9 Å². The average Bonchev–Trinajstić information content (AvgIpc) is 2.30. The van der Waals surface area contributed by atoms with Crippen molar-refractivity contribution in [2.24, 2.45) is 0 Å². The van der Waals surface area contributed by atoms with Gasteiger partial charge in [0.2, 0.25) is 0 Å². The fourth-order valence-corrected chi connectivity index (χ4v) is 1.56. The summed E-state index contributed by atoms with van der Waals surface area (Å²) in [6.45, 7) is 8.78. The molecule has 0 fully saturated rings. The zero-order chi connectivity index (χ0) is 12.5. The Balaban J connectivity index is 2.41. The van der Waals surface area contributed by atoms with Gasteiger partial charge in [-0.1, -0.05) is 13.0 Å². The molecule has 0 aliphatic heterocycles. The lowest BCUT2D eigenvalue weighted by Crippen LogP contribution is -2.29. The first-order chi connectivity index (χ1) is 8.26. The molecule has 3 nitrogen and oxygen atoms in total. The van der Waals surface area contributed by atoms with Crippen LogP contribution in [0, 0.1) is 0 Å². The van der Waals surface area contributed by atoms with Gasteiger partial charge in [0.1, 0.15) is 17.6 Å². The molecule has 1 unspecified atom stereocenters. The summed E-state index contributed by atoms with van der Waals surface area (Å²) in [6, 6.07) is 7.78. The molecule has 1 N–H and O–H groups in total. The first-order valence-electron chi connectivity index (χ1n) is 6.36. The summed E-state index contributed by atoms with van der Waals surface area (Å²) in [5.74, 6) is 1.72. The minimum absolute atomic E-state index is 0.165. The van der Waals surface area contributed by atoms with E-state index in [-0.39, 0.29) is 6.10 Å². The first-order valence-corrected chi connectivity index (χ1v) is 6.36. The minimum Gasteiger partial charge on any atom is -0.494 e. The smallest absolute Gasteiger partial charge is 0.123 e. The minimum atomic E-state index is 0.165. The lowest BCUT2D eigenvalue weighted by Gasteiger charge is -2.15. The largest absolute Gasteiger partial charge is 0.494 e. The Morgan fingerprint density at radius 3 is 2.71 bits per heavy atom. The molecule has 0 aliphatic carbocycles. The Morgan fingerprint density at radius 1 is 1.24 bits per heavy atom. The lowest BCUT2D eigenvalue weighted by molar-refractivity contribution is 0.216. The Hall–Kier alpha value is -1.22. The molecule has 0 spiro atoms. The van der Waals surface area contributed by atoms with Crippen LogP contribution in [-0.2, 0) is 0 Å². The maximum absolute atomic E-state index is 5.81. The second kappa shape index (κ2) is 7.96. The predicted octanol–water partition coefficient (Wildman–Crippen LogP) is 2.85. The average molecular weight is 237 g/mol. The van der Waals surface area contributed by atoms with Gasteiger partial charge in [-0.2, -0.15) is 0 Å². The molecule has 0 amide bonds. The van der Waals surface area contributed by atoms with Gasteiger partial charge in [0.25, 0.3) is 0 Å². The van der Waals surface area contributed by atoms with E-state index in [2.05, 4.69) is 19.2 Å². The van der Waals surface area contributed by atoms with Crippen LogP contribution in [0.5, 0.6) is 11.5 Å². The third kappa shape index (κ3) is 5.59. The second-order valence-electron chi connectivity index (χ2n) is 4.04. The standard InChI is InChI=1S/C14H23NO2/c1-4-9-15-11-12(3)17-14-8-6-7-13(10-14)16-5-2/h6-8,10,12,15H,4-5,9,11H2,1-3H3. The van der Waals surface area contributed by atoms with Crippen molar-refractivity contribution >= 4 is 0 Å². The van der Waals surface area contributed by atoms with Crippen molar-refractivity contribution in [3.05, 3.63) is 24.3 Å². The molecule has 0 aliphatic rings. The SMILES string of the molecule is CCCNCC(C)Oc1cccc(OCC)c1. The second-order valence-corrected chi connectivity index (χ2v) is 4.04. The molecule has 0 saturated heterocycles. The highest BCUT2D eigenvalue weighted by Gasteiger charge is 2.04. The Morgan fingerprint density at radius 2 is 2.00 bits per heavy atom. The van der Waals surface area contributed by atoms with Gasteiger partial charge >= 0.3 is 0 Å². The maximum atomic E-state index is 5.81. The highest BCUT2D eigenvalue weighted by molar-refractivity contribution is 5.33. The van der Waals surface area contributed by atoms with Crippen LogP contribution in [0.2, 0.25) is 0 Å². The molecule has 0 saturated carbocycles. The van der Waals surface area contributed by atoms with E-state index >= 15 is 0 Å². The van der Waals surface area contributed by atoms with Crippen molar-refractivity contribution in [2.45, 2.75) is 33.3 Å². The summed E-state index contributed by atoms with van der Waals surface area (Å²) >= 11 is 0. The Bertz CT molecular complexity index is 315. The van der Waals surface area contributed by atoms with Gasteiger partial charge in [-0.15, -0.1) is 0 Å². The molecule has 1 atom stereocenters. The van der Waals surface area contributed by atoms with Crippen LogP contribution in [-0.4, -0.2) is 25.8 Å². The summed E-state index contributed by atoms with van der Waals surface area (Å²) in [4.78, 5) is 0. The van der Waals surface area contributed by atoms with E-state index in [0.29, 0.717) is 6.61 Å². The Kier molecular flexibility index (Phi) is 6.48. The fraction of sp³-hybridized carbons (Fsp3) is 0.571. The topological polar surface area (TPSA) is 30.5 Å². The summed E-state index contributed by atoms with van der Waals surface area (Å²) in [5.41, 5.74) is 0. The van der Waals surface area contributed by atoms with Gasteiger partial charge in [-0.25, -0.2) is 0 Å². The number of nitrogens with one attached hydrogen (secondary N) is 1. The van der Waals surface area contributed by atoms with Gasteiger partial charge < -0.3 is 14.8 Å². The van der Waals surface area contributed by atoms with Crippen molar-refractivity contribution in [3.63, 3.8) is 0 Å². The number of hydrogen-bond donors (Lipinski definition) is 1. The molecule has 0 bridgehead atoms. The third-order valence-corrected chi connectivity index (χ3v) is 2.31. The first kappa shape index (κ1) is 13.8. The van der Waals surface area contributed by atoms with E-state index in [1.807, 2.05) is 31.2 Å². The molecule has 1 aromatic rings. The van der Waals surface area contributed by atoms with E-state index in [9.17, 15) is 0 Å². The van der Waals surface area contributed by atoms with Crippen molar-refractivity contribution < 1.29 is 9.47 Å². The highest BCUT2D eigenvalue weighted by atomic mass is 16.5. The summed E-state index contributed by atoms with van der Waals surface area (Å²) in [5, 5.41) is 3.34. The van der Waals surface area contributed by atoms with Crippen LogP contribution >= 0.6 is 0 Å². The van der Waals surface area contributed by atoms with E-state index in [4.69, 9.17) is 9.47 Å². The lowest BCUT2D eigenvalue weighted by atomic mass is 10.3. The summed E-state index contributed by atoms with van der Waals surface area (Å²) < 4.78 is 11.2. The number of benzene rings is 1. The van der Waals surface area contributed by atoms with E-state index < -0.39 is 0 Å². The third-order valence-electron chi connectivity index (χ3n) is 2.31. The van der Waals surface area contributed by atoms with Gasteiger partial charge in [-0.3, -0.25) is 0 Å². The quantitative estimate of drug-likeness (QED) is 0.705. The molecule has 1 rings (SSSR count).